The van der Waals surface area contributed by atoms with Crippen LogP contribution in [0, 0.1) is 11.7 Å². The van der Waals surface area contributed by atoms with Gasteiger partial charge in [-0.3, -0.25) is 0 Å². The molecule has 1 aromatic carbocycles. The highest BCUT2D eigenvalue weighted by Crippen LogP contribution is 2.24. The van der Waals surface area contributed by atoms with Crippen LogP contribution in [0.1, 0.15) is 51.5 Å². The number of halogens is 1. The van der Waals surface area contributed by atoms with E-state index in [9.17, 15) is 17.6 Å². The highest BCUT2D eigenvalue weighted by atomic mass is 32.2. The lowest BCUT2D eigenvalue weighted by molar-refractivity contribution is 0.0646. The predicted molar refractivity (Wildman–Crippen MR) is 103 cm³/mol. The van der Waals surface area contributed by atoms with Gasteiger partial charge in [0.15, 0.2) is 9.84 Å². The first-order valence-electron chi connectivity index (χ1n) is 9.61. The van der Waals surface area contributed by atoms with Gasteiger partial charge in [0.1, 0.15) is 10.7 Å². The third-order valence-corrected chi connectivity index (χ3v) is 6.06. The number of aryl methyl sites for hydroxylation is 1. The first-order chi connectivity index (χ1) is 12.7. The summed E-state index contributed by atoms with van der Waals surface area (Å²) >= 11 is 0. The van der Waals surface area contributed by atoms with E-state index in [1.54, 1.807) is 11.0 Å². The van der Waals surface area contributed by atoms with E-state index in [0.29, 0.717) is 5.92 Å². The first kappa shape index (κ1) is 21.7. The van der Waals surface area contributed by atoms with E-state index in [-0.39, 0.29) is 17.1 Å². The molecule has 1 fully saturated rings. The number of benzene rings is 1. The van der Waals surface area contributed by atoms with Crippen molar-refractivity contribution in [3.63, 3.8) is 0 Å². The van der Waals surface area contributed by atoms with E-state index in [2.05, 4.69) is 0 Å². The van der Waals surface area contributed by atoms with Crippen molar-refractivity contribution in [3.8, 4) is 0 Å². The number of carbonyl (C=O) groups excluding carboxylic acids is 1. The summed E-state index contributed by atoms with van der Waals surface area (Å²) in [6.45, 7) is 5.19. The maximum Gasteiger partial charge on any atom is 0.410 e. The summed E-state index contributed by atoms with van der Waals surface area (Å²) < 4.78 is 42.0. The third-order valence-electron chi connectivity index (χ3n) is 4.93. The number of piperidine rings is 1. The fraction of sp³-hybridized carbons (Fsp3) is 0.650. The Kier molecular flexibility index (Phi) is 7.65. The number of rotatable bonds is 7. The van der Waals surface area contributed by atoms with Gasteiger partial charge in [-0.25, -0.2) is 17.6 Å². The SMILES string of the molecule is CC(C)OC(=O)N1CCC(CCCCc2ccc(S(C)(=O)=O)c(F)c2)CC1. The minimum atomic E-state index is -3.52. The van der Waals surface area contributed by atoms with Crippen LogP contribution in [-0.4, -0.2) is 44.9 Å². The van der Waals surface area contributed by atoms with E-state index in [1.165, 1.54) is 12.1 Å². The zero-order valence-corrected chi connectivity index (χ0v) is 17.2. The largest absolute Gasteiger partial charge is 0.447 e. The van der Waals surface area contributed by atoms with Gasteiger partial charge in [0.2, 0.25) is 0 Å². The third kappa shape index (κ3) is 6.79. The quantitative estimate of drug-likeness (QED) is 0.645. The second-order valence-corrected chi connectivity index (χ2v) is 9.63. The summed E-state index contributed by atoms with van der Waals surface area (Å²) in [4.78, 5) is 13.4. The number of hydrogen-bond donors (Lipinski definition) is 0. The fourth-order valence-corrected chi connectivity index (χ4v) is 4.17. The normalized spacial score (nSPS) is 16.0. The molecule has 5 nitrogen and oxygen atoms in total. The molecule has 0 atom stereocenters. The van der Waals surface area contributed by atoms with Crippen LogP contribution in [-0.2, 0) is 21.0 Å². The van der Waals surface area contributed by atoms with Crippen molar-refractivity contribution >= 4 is 15.9 Å². The molecule has 0 bridgehead atoms. The van der Waals surface area contributed by atoms with Gasteiger partial charge in [0.25, 0.3) is 0 Å². The van der Waals surface area contributed by atoms with E-state index in [1.807, 2.05) is 13.8 Å². The summed E-state index contributed by atoms with van der Waals surface area (Å²) in [5.41, 5.74) is 0.825. The van der Waals surface area contributed by atoms with E-state index in [4.69, 9.17) is 4.74 Å². The Morgan fingerprint density at radius 1 is 1.26 bits per heavy atom. The number of sulfone groups is 1. The maximum absolute atomic E-state index is 13.9. The van der Waals surface area contributed by atoms with Crippen LogP contribution in [0.3, 0.4) is 0 Å². The highest BCUT2D eigenvalue weighted by molar-refractivity contribution is 7.90. The highest BCUT2D eigenvalue weighted by Gasteiger charge is 2.24. The predicted octanol–water partition coefficient (Wildman–Crippen LogP) is 4.20. The molecule has 1 aliphatic heterocycles. The lowest BCUT2D eigenvalue weighted by Crippen LogP contribution is -2.39. The van der Waals surface area contributed by atoms with E-state index in [0.717, 1.165) is 63.4 Å². The van der Waals surface area contributed by atoms with Crippen LogP contribution in [0.4, 0.5) is 9.18 Å². The van der Waals surface area contributed by atoms with E-state index >= 15 is 0 Å². The Bertz CT molecular complexity index is 740. The number of amides is 1. The van der Waals surface area contributed by atoms with Crippen molar-refractivity contribution in [3.05, 3.63) is 29.6 Å². The standard InChI is InChI=1S/C20H30FNO4S/c1-15(2)26-20(23)22-12-10-16(11-13-22)6-4-5-7-17-8-9-19(18(21)14-17)27(3,24)25/h8-9,14-16H,4-7,10-13H2,1-3H3. The molecule has 1 saturated heterocycles. The molecule has 0 saturated carbocycles. The zero-order valence-electron chi connectivity index (χ0n) is 16.4. The Morgan fingerprint density at radius 3 is 2.48 bits per heavy atom. The van der Waals surface area contributed by atoms with Crippen molar-refractivity contribution in [1.82, 2.24) is 4.90 Å². The lowest BCUT2D eigenvalue weighted by Gasteiger charge is -2.31. The molecule has 152 valence electrons. The molecule has 7 heteroatoms. The van der Waals surface area contributed by atoms with Gasteiger partial charge in [-0.2, -0.15) is 0 Å². The molecule has 1 amide bonds. The molecular formula is C20H30FNO4S. The second kappa shape index (κ2) is 9.53. The smallest absolute Gasteiger partial charge is 0.410 e. The summed E-state index contributed by atoms with van der Waals surface area (Å²) in [5.74, 6) is -0.0619. The van der Waals surface area contributed by atoms with Gasteiger partial charge < -0.3 is 9.64 Å². The number of unbranched alkanes of at least 4 members (excludes halogenated alkanes) is 1. The van der Waals surface area contributed by atoms with Crippen LogP contribution in [0.25, 0.3) is 0 Å². The second-order valence-electron chi connectivity index (χ2n) is 7.65. The zero-order chi connectivity index (χ0) is 20.0. The Hall–Kier alpha value is -1.63. The molecule has 1 aliphatic rings. The Labute approximate surface area is 161 Å². The molecule has 0 spiro atoms. The average Bonchev–Trinajstić information content (AvgIpc) is 2.57. The maximum atomic E-state index is 13.9. The summed E-state index contributed by atoms with van der Waals surface area (Å²) in [7, 11) is -3.52. The number of hydrogen-bond acceptors (Lipinski definition) is 4. The molecule has 1 aromatic rings. The topological polar surface area (TPSA) is 63.7 Å². The molecular weight excluding hydrogens is 369 g/mol. The first-order valence-corrected chi connectivity index (χ1v) is 11.5. The van der Waals surface area contributed by atoms with Crippen molar-refractivity contribution < 1.29 is 22.3 Å². The van der Waals surface area contributed by atoms with Crippen molar-refractivity contribution in [2.45, 2.75) is 63.4 Å². The van der Waals surface area contributed by atoms with Gasteiger partial charge >= 0.3 is 6.09 Å². The van der Waals surface area contributed by atoms with Crippen LogP contribution < -0.4 is 0 Å². The van der Waals surface area contributed by atoms with Crippen molar-refractivity contribution in [2.24, 2.45) is 5.92 Å². The number of nitrogens with zero attached hydrogens (tertiary/aromatic N) is 1. The van der Waals surface area contributed by atoms with Crippen molar-refractivity contribution in [2.75, 3.05) is 19.3 Å². The lowest BCUT2D eigenvalue weighted by atomic mass is 9.91. The molecule has 1 heterocycles. The van der Waals surface area contributed by atoms with Gasteiger partial charge in [-0.1, -0.05) is 18.9 Å². The number of likely N-dealkylation sites (tertiary alicyclic amines) is 1. The van der Waals surface area contributed by atoms with Gasteiger partial charge in [0.05, 0.1) is 6.10 Å². The van der Waals surface area contributed by atoms with Crippen LogP contribution >= 0.6 is 0 Å². The molecule has 27 heavy (non-hydrogen) atoms. The number of carbonyl (C=O) groups is 1. The van der Waals surface area contributed by atoms with Gasteiger partial charge in [-0.05, 0) is 63.1 Å². The van der Waals surface area contributed by atoms with Crippen LogP contribution in [0.15, 0.2) is 23.1 Å². The monoisotopic (exact) mass is 399 g/mol. The Balaban J connectivity index is 1.69. The molecule has 0 aliphatic carbocycles. The number of ether oxygens (including phenoxy) is 1. The minimum absolute atomic E-state index is 0.0911. The molecule has 0 aromatic heterocycles. The summed E-state index contributed by atoms with van der Waals surface area (Å²) in [5, 5.41) is 0. The molecule has 2 rings (SSSR count). The van der Waals surface area contributed by atoms with Gasteiger partial charge in [-0.15, -0.1) is 0 Å². The van der Waals surface area contributed by atoms with Gasteiger partial charge in [0, 0.05) is 19.3 Å². The fourth-order valence-electron chi connectivity index (χ4n) is 3.44. The summed E-state index contributed by atoms with van der Waals surface area (Å²) in [6.07, 6.45) is 6.49. The van der Waals surface area contributed by atoms with Crippen molar-refractivity contribution in [1.29, 1.82) is 0 Å². The minimum Gasteiger partial charge on any atom is -0.447 e. The average molecular weight is 400 g/mol. The molecule has 0 N–H and O–H groups in total. The van der Waals surface area contributed by atoms with Crippen LogP contribution in [0.5, 0.6) is 0 Å². The Morgan fingerprint density at radius 2 is 1.93 bits per heavy atom. The summed E-state index contributed by atoms with van der Waals surface area (Å²) in [6, 6.07) is 4.37. The van der Waals surface area contributed by atoms with E-state index < -0.39 is 15.7 Å². The molecule has 0 radical (unpaired) electrons. The van der Waals surface area contributed by atoms with Crippen LogP contribution in [0.2, 0.25) is 0 Å². The molecule has 0 unspecified atom stereocenters.